The van der Waals surface area contributed by atoms with Gasteiger partial charge in [-0.25, -0.2) is 4.98 Å². The Balaban J connectivity index is 1.82. The molecule has 0 aliphatic rings. The summed E-state index contributed by atoms with van der Waals surface area (Å²) in [5.74, 6) is 1.26. The van der Waals surface area contributed by atoms with Gasteiger partial charge in [-0.2, -0.15) is 9.97 Å². The number of pyridine rings is 1. The van der Waals surface area contributed by atoms with Crippen molar-refractivity contribution in [2.75, 3.05) is 23.9 Å². The zero-order valence-corrected chi connectivity index (χ0v) is 12.1. The van der Waals surface area contributed by atoms with Gasteiger partial charge in [-0.1, -0.05) is 6.07 Å². The Morgan fingerprint density at radius 1 is 1.18 bits per heavy atom. The van der Waals surface area contributed by atoms with E-state index in [0.29, 0.717) is 23.4 Å². The SMILES string of the molecule is COc1cccc(NCc2cnc3nc(N)nc(N)c3c2)c1. The van der Waals surface area contributed by atoms with Gasteiger partial charge >= 0.3 is 0 Å². The van der Waals surface area contributed by atoms with E-state index in [1.54, 1.807) is 13.3 Å². The van der Waals surface area contributed by atoms with Gasteiger partial charge in [-0.15, -0.1) is 0 Å². The summed E-state index contributed by atoms with van der Waals surface area (Å²) in [6.07, 6.45) is 1.74. The number of aromatic nitrogens is 3. The first kappa shape index (κ1) is 13.9. The van der Waals surface area contributed by atoms with Crippen LogP contribution in [0.3, 0.4) is 0 Å². The molecule has 0 aliphatic carbocycles. The lowest BCUT2D eigenvalue weighted by Crippen LogP contribution is -2.04. The van der Waals surface area contributed by atoms with Crippen LogP contribution in [-0.2, 0) is 6.54 Å². The van der Waals surface area contributed by atoms with Crippen molar-refractivity contribution in [1.82, 2.24) is 15.0 Å². The molecule has 0 radical (unpaired) electrons. The Bertz CT molecular complexity index is 820. The highest BCUT2D eigenvalue weighted by atomic mass is 16.5. The van der Waals surface area contributed by atoms with Gasteiger partial charge in [0.15, 0.2) is 5.65 Å². The number of nitrogens with one attached hydrogen (secondary N) is 1. The van der Waals surface area contributed by atoms with Crippen LogP contribution in [0, 0.1) is 0 Å². The molecule has 0 spiro atoms. The van der Waals surface area contributed by atoms with E-state index in [2.05, 4.69) is 20.3 Å². The van der Waals surface area contributed by atoms with Crippen LogP contribution >= 0.6 is 0 Å². The maximum absolute atomic E-state index is 5.86. The summed E-state index contributed by atoms with van der Waals surface area (Å²) in [6.45, 7) is 0.597. The van der Waals surface area contributed by atoms with Crippen LogP contribution in [0.1, 0.15) is 5.56 Å². The standard InChI is InChI=1S/C15H16N6O/c1-22-11-4-2-3-10(6-11)18-7-9-5-12-13(16)20-15(17)21-14(12)19-8-9/h2-6,8,18H,7H2,1H3,(H4,16,17,19,20,21). The molecule has 5 N–H and O–H groups in total. The lowest BCUT2D eigenvalue weighted by molar-refractivity contribution is 0.415. The highest BCUT2D eigenvalue weighted by Gasteiger charge is 2.06. The van der Waals surface area contributed by atoms with Crippen LogP contribution in [0.5, 0.6) is 5.75 Å². The molecule has 0 aliphatic heterocycles. The third-order valence-electron chi connectivity index (χ3n) is 3.22. The second-order valence-corrected chi connectivity index (χ2v) is 4.77. The minimum absolute atomic E-state index is 0.125. The molecular formula is C15H16N6O. The van der Waals surface area contributed by atoms with E-state index < -0.39 is 0 Å². The van der Waals surface area contributed by atoms with E-state index in [-0.39, 0.29) is 5.95 Å². The Kier molecular flexibility index (Phi) is 3.61. The molecule has 0 atom stereocenters. The summed E-state index contributed by atoms with van der Waals surface area (Å²) in [5, 5.41) is 4.00. The van der Waals surface area contributed by atoms with E-state index >= 15 is 0 Å². The average Bonchev–Trinajstić information content (AvgIpc) is 2.53. The summed E-state index contributed by atoms with van der Waals surface area (Å²) in [6, 6.07) is 9.62. The summed E-state index contributed by atoms with van der Waals surface area (Å²) < 4.78 is 5.19. The number of methoxy groups -OCH3 is 1. The molecule has 0 bridgehead atoms. The maximum Gasteiger partial charge on any atom is 0.224 e. The van der Waals surface area contributed by atoms with Crippen molar-refractivity contribution in [3.8, 4) is 5.75 Å². The highest BCUT2D eigenvalue weighted by Crippen LogP contribution is 2.20. The summed E-state index contributed by atoms with van der Waals surface area (Å²) >= 11 is 0. The normalized spacial score (nSPS) is 10.6. The molecule has 0 amide bonds. The van der Waals surface area contributed by atoms with Crippen LogP contribution in [0.2, 0.25) is 0 Å². The van der Waals surface area contributed by atoms with Gasteiger partial charge in [-0.3, -0.25) is 0 Å². The quantitative estimate of drug-likeness (QED) is 0.673. The van der Waals surface area contributed by atoms with Gasteiger partial charge in [0.2, 0.25) is 5.95 Å². The molecule has 2 heterocycles. The summed E-state index contributed by atoms with van der Waals surface area (Å²) in [4.78, 5) is 12.3. The number of nitrogens with zero attached hydrogens (tertiary/aromatic N) is 3. The van der Waals surface area contributed by atoms with Crippen molar-refractivity contribution < 1.29 is 4.74 Å². The average molecular weight is 296 g/mol. The molecule has 0 saturated heterocycles. The van der Waals surface area contributed by atoms with Gasteiger partial charge in [0.05, 0.1) is 12.5 Å². The van der Waals surface area contributed by atoms with E-state index in [9.17, 15) is 0 Å². The van der Waals surface area contributed by atoms with Gasteiger partial charge in [0, 0.05) is 24.5 Å². The van der Waals surface area contributed by atoms with E-state index in [1.807, 2.05) is 30.3 Å². The minimum Gasteiger partial charge on any atom is -0.497 e. The fourth-order valence-corrected chi connectivity index (χ4v) is 2.13. The summed E-state index contributed by atoms with van der Waals surface area (Å²) in [5.41, 5.74) is 13.8. The molecule has 22 heavy (non-hydrogen) atoms. The van der Waals surface area contributed by atoms with Gasteiger partial charge in [0.25, 0.3) is 0 Å². The highest BCUT2D eigenvalue weighted by molar-refractivity contribution is 5.86. The van der Waals surface area contributed by atoms with E-state index in [0.717, 1.165) is 17.0 Å². The van der Waals surface area contributed by atoms with Crippen LogP contribution in [0.25, 0.3) is 11.0 Å². The number of rotatable bonds is 4. The molecule has 3 rings (SSSR count). The van der Waals surface area contributed by atoms with Gasteiger partial charge in [-0.05, 0) is 23.8 Å². The van der Waals surface area contributed by atoms with Crippen LogP contribution in [0.15, 0.2) is 36.5 Å². The van der Waals surface area contributed by atoms with Crippen molar-refractivity contribution in [1.29, 1.82) is 0 Å². The smallest absolute Gasteiger partial charge is 0.224 e. The first-order valence-corrected chi connectivity index (χ1v) is 6.71. The van der Waals surface area contributed by atoms with Crippen molar-refractivity contribution in [2.45, 2.75) is 6.54 Å². The van der Waals surface area contributed by atoms with Crippen molar-refractivity contribution in [2.24, 2.45) is 0 Å². The molecule has 0 unspecified atom stereocenters. The number of nitrogen functional groups attached to an aromatic ring is 2. The Morgan fingerprint density at radius 3 is 2.86 bits per heavy atom. The number of ether oxygens (including phenoxy) is 1. The molecule has 0 fully saturated rings. The molecule has 112 valence electrons. The minimum atomic E-state index is 0.125. The molecular weight excluding hydrogens is 280 g/mol. The van der Waals surface area contributed by atoms with E-state index in [4.69, 9.17) is 16.2 Å². The molecule has 7 nitrogen and oxygen atoms in total. The second kappa shape index (κ2) is 5.72. The van der Waals surface area contributed by atoms with Gasteiger partial charge < -0.3 is 21.5 Å². The zero-order chi connectivity index (χ0) is 15.5. The van der Waals surface area contributed by atoms with Crippen molar-refractivity contribution >= 4 is 28.5 Å². The molecule has 7 heteroatoms. The number of fused-ring (bicyclic) bond motifs is 1. The summed E-state index contributed by atoms with van der Waals surface area (Å²) in [7, 11) is 1.64. The molecule has 1 aromatic carbocycles. The molecule has 2 aromatic heterocycles. The van der Waals surface area contributed by atoms with Crippen molar-refractivity contribution in [3.05, 3.63) is 42.1 Å². The third kappa shape index (κ3) is 2.83. The van der Waals surface area contributed by atoms with Crippen LogP contribution in [-0.4, -0.2) is 22.1 Å². The van der Waals surface area contributed by atoms with Crippen LogP contribution in [0.4, 0.5) is 17.5 Å². The lowest BCUT2D eigenvalue weighted by atomic mass is 10.2. The topological polar surface area (TPSA) is 112 Å². The Labute approximate surface area is 127 Å². The Hall–Kier alpha value is -3.09. The van der Waals surface area contributed by atoms with Crippen molar-refractivity contribution in [3.63, 3.8) is 0 Å². The molecule has 0 saturated carbocycles. The molecule has 3 aromatic rings. The maximum atomic E-state index is 5.86. The number of hydrogen-bond donors (Lipinski definition) is 3. The lowest BCUT2D eigenvalue weighted by Gasteiger charge is -2.09. The fourth-order valence-electron chi connectivity index (χ4n) is 2.13. The fraction of sp³-hybridized carbons (Fsp3) is 0.133. The number of nitrogens with two attached hydrogens (primary N) is 2. The number of benzene rings is 1. The predicted molar refractivity (Wildman–Crippen MR) is 86.5 cm³/mol. The van der Waals surface area contributed by atoms with Gasteiger partial charge in [0.1, 0.15) is 11.6 Å². The third-order valence-corrected chi connectivity index (χ3v) is 3.22. The van der Waals surface area contributed by atoms with Crippen LogP contribution < -0.4 is 21.5 Å². The first-order chi connectivity index (χ1) is 10.7. The number of anilines is 3. The Morgan fingerprint density at radius 2 is 2.05 bits per heavy atom. The number of hydrogen-bond acceptors (Lipinski definition) is 7. The largest absolute Gasteiger partial charge is 0.497 e. The first-order valence-electron chi connectivity index (χ1n) is 6.71. The second-order valence-electron chi connectivity index (χ2n) is 4.77. The predicted octanol–water partition coefficient (Wildman–Crippen LogP) is 1.81. The zero-order valence-electron chi connectivity index (χ0n) is 12.1. The van der Waals surface area contributed by atoms with E-state index in [1.165, 1.54) is 0 Å². The monoisotopic (exact) mass is 296 g/mol.